The van der Waals surface area contributed by atoms with Crippen LogP contribution in [0.4, 0.5) is 5.13 Å². The van der Waals surface area contributed by atoms with E-state index in [2.05, 4.69) is 34.7 Å². The summed E-state index contributed by atoms with van der Waals surface area (Å²) < 4.78 is 5.92. The van der Waals surface area contributed by atoms with Gasteiger partial charge in [-0.15, -0.1) is 10.2 Å². The maximum absolute atomic E-state index is 12.7. The Morgan fingerprint density at radius 2 is 2.10 bits per heavy atom. The van der Waals surface area contributed by atoms with E-state index in [4.69, 9.17) is 16.3 Å². The van der Waals surface area contributed by atoms with Crippen molar-refractivity contribution in [2.24, 2.45) is 5.92 Å². The number of anilines is 1. The lowest BCUT2D eigenvalue weighted by molar-refractivity contribution is 0.102. The van der Waals surface area contributed by atoms with Crippen LogP contribution in [0.1, 0.15) is 45.9 Å². The molecule has 162 valence electrons. The number of nitrogens with one attached hydrogen (secondary N) is 2. The van der Waals surface area contributed by atoms with Crippen molar-refractivity contribution in [3.05, 3.63) is 68.7 Å². The van der Waals surface area contributed by atoms with E-state index in [0.717, 1.165) is 35.8 Å². The molecule has 0 unspecified atom stereocenters. The van der Waals surface area contributed by atoms with Crippen LogP contribution in [0.2, 0.25) is 5.02 Å². The highest BCUT2D eigenvalue weighted by Gasteiger charge is 2.15. The number of hydrogen-bond acceptors (Lipinski definition) is 6. The summed E-state index contributed by atoms with van der Waals surface area (Å²) in [7, 11) is 0. The molecule has 0 saturated carbocycles. The van der Waals surface area contributed by atoms with Crippen LogP contribution >= 0.6 is 22.9 Å². The quantitative estimate of drug-likeness (QED) is 0.538. The number of rotatable bonds is 7. The fourth-order valence-corrected chi connectivity index (χ4v) is 4.36. The first kappa shape index (κ1) is 21.7. The summed E-state index contributed by atoms with van der Waals surface area (Å²) in [5.74, 6) is 1.04. The maximum atomic E-state index is 12.7. The zero-order valence-corrected chi connectivity index (χ0v) is 19.1. The zero-order valence-electron chi connectivity index (χ0n) is 17.6. The van der Waals surface area contributed by atoms with E-state index < -0.39 is 0 Å². The lowest BCUT2D eigenvalue weighted by Gasteiger charge is -2.17. The molecule has 0 atom stereocenters. The molecule has 3 aromatic rings. The summed E-state index contributed by atoms with van der Waals surface area (Å²) in [6, 6.07) is 11.4. The van der Waals surface area contributed by atoms with Crippen LogP contribution in [-0.4, -0.2) is 29.3 Å². The minimum Gasteiger partial charge on any atom is -0.493 e. The molecule has 0 spiro atoms. The second kappa shape index (κ2) is 9.77. The Bertz CT molecular complexity index is 1080. The zero-order chi connectivity index (χ0) is 21.8. The van der Waals surface area contributed by atoms with Gasteiger partial charge in [0.25, 0.3) is 5.91 Å². The average Bonchev–Trinajstić information content (AvgIpc) is 3.19. The fraction of sp³-hybridized carbons (Fsp3) is 0.348. The monoisotopic (exact) mass is 456 g/mol. The van der Waals surface area contributed by atoms with Crippen LogP contribution in [0.15, 0.2) is 36.4 Å². The Balaban J connectivity index is 1.44. The smallest absolute Gasteiger partial charge is 0.257 e. The number of ether oxygens (including phenoxy) is 1. The highest BCUT2D eigenvalue weighted by molar-refractivity contribution is 7.15. The number of carbonyl (C=O) groups excluding carboxylic acids is 1. The van der Waals surface area contributed by atoms with Crippen LogP contribution in [0.25, 0.3) is 0 Å². The number of carbonyl (C=O) groups is 1. The van der Waals surface area contributed by atoms with Gasteiger partial charge in [-0.05, 0) is 60.3 Å². The van der Waals surface area contributed by atoms with Crippen molar-refractivity contribution in [2.45, 2.75) is 33.2 Å². The van der Waals surface area contributed by atoms with Crippen molar-refractivity contribution >= 4 is 34.0 Å². The first-order valence-corrected chi connectivity index (χ1v) is 11.5. The minimum atomic E-state index is -0.173. The number of halogens is 1. The molecule has 1 aliphatic rings. The van der Waals surface area contributed by atoms with E-state index in [1.165, 1.54) is 22.5 Å². The molecule has 2 aromatic carbocycles. The van der Waals surface area contributed by atoms with Gasteiger partial charge in [-0.3, -0.25) is 10.1 Å². The molecule has 0 radical (unpaired) electrons. The highest BCUT2D eigenvalue weighted by atomic mass is 35.5. The van der Waals surface area contributed by atoms with Gasteiger partial charge in [0.2, 0.25) is 5.13 Å². The lowest BCUT2D eigenvalue weighted by Crippen LogP contribution is -2.24. The number of aromatic nitrogens is 2. The summed E-state index contributed by atoms with van der Waals surface area (Å²) in [5, 5.41) is 16.5. The van der Waals surface area contributed by atoms with Crippen LogP contribution in [0.3, 0.4) is 0 Å². The van der Waals surface area contributed by atoms with Crippen molar-refractivity contribution in [1.82, 2.24) is 15.5 Å². The summed E-state index contributed by atoms with van der Waals surface area (Å²) in [6.45, 7) is 6.62. The van der Waals surface area contributed by atoms with Crippen molar-refractivity contribution in [2.75, 3.05) is 18.5 Å². The maximum Gasteiger partial charge on any atom is 0.257 e. The Morgan fingerprint density at radius 3 is 2.94 bits per heavy atom. The fourth-order valence-electron chi connectivity index (χ4n) is 3.41. The second-order valence-corrected chi connectivity index (χ2v) is 9.50. The van der Waals surface area contributed by atoms with Gasteiger partial charge in [-0.25, -0.2) is 0 Å². The molecule has 31 heavy (non-hydrogen) atoms. The first-order chi connectivity index (χ1) is 15.0. The van der Waals surface area contributed by atoms with Crippen LogP contribution in [0, 0.1) is 5.92 Å². The average molecular weight is 457 g/mol. The van der Waals surface area contributed by atoms with Gasteiger partial charge < -0.3 is 10.1 Å². The van der Waals surface area contributed by atoms with E-state index in [1.54, 1.807) is 0 Å². The first-order valence-electron chi connectivity index (χ1n) is 10.4. The molecule has 6 nitrogen and oxygen atoms in total. The van der Waals surface area contributed by atoms with Crippen molar-refractivity contribution in [1.29, 1.82) is 0 Å². The van der Waals surface area contributed by atoms with Crippen LogP contribution in [-0.2, 0) is 19.4 Å². The second-order valence-electron chi connectivity index (χ2n) is 8.00. The summed E-state index contributed by atoms with van der Waals surface area (Å²) >= 11 is 7.54. The third-order valence-corrected chi connectivity index (χ3v) is 6.05. The molecule has 1 amide bonds. The van der Waals surface area contributed by atoms with Gasteiger partial charge in [0.15, 0.2) is 0 Å². The lowest BCUT2D eigenvalue weighted by atomic mass is 9.98. The molecule has 0 fully saturated rings. The third-order valence-electron chi connectivity index (χ3n) is 4.98. The molecule has 2 heterocycles. The number of hydrogen-bond donors (Lipinski definition) is 2. The van der Waals surface area contributed by atoms with E-state index in [1.807, 2.05) is 36.4 Å². The van der Waals surface area contributed by atoms with Crippen molar-refractivity contribution in [3.63, 3.8) is 0 Å². The molecule has 2 N–H and O–H groups in total. The van der Waals surface area contributed by atoms with Gasteiger partial charge in [-0.1, -0.05) is 42.9 Å². The summed E-state index contributed by atoms with van der Waals surface area (Å²) in [4.78, 5) is 12.7. The molecule has 4 rings (SSSR count). The van der Waals surface area contributed by atoms with Crippen molar-refractivity contribution < 1.29 is 9.53 Å². The van der Waals surface area contributed by atoms with Crippen LogP contribution < -0.4 is 15.4 Å². The van der Waals surface area contributed by atoms with Gasteiger partial charge >= 0.3 is 0 Å². The molecule has 0 saturated heterocycles. The normalized spacial score (nSPS) is 13.2. The van der Waals surface area contributed by atoms with Gasteiger partial charge in [0, 0.05) is 29.1 Å². The van der Waals surface area contributed by atoms with Crippen LogP contribution in [0.5, 0.6) is 5.75 Å². The predicted octanol–water partition coefficient (Wildman–Crippen LogP) is 4.72. The molecule has 8 heteroatoms. The standard InChI is InChI=1S/C23H25ClN4O2S/c1-14(2)13-30-20-6-5-19(24)10-18(20)11-21-27-28-23(31-21)26-22(29)16-3-4-17-12-25-8-7-15(17)9-16/h3-6,9-10,14,25H,7-8,11-13H2,1-2H3,(H,26,28,29). The van der Waals surface area contributed by atoms with Crippen molar-refractivity contribution in [3.8, 4) is 5.75 Å². The van der Waals surface area contributed by atoms with Gasteiger partial charge in [0.05, 0.1) is 6.61 Å². The molecular weight excluding hydrogens is 432 g/mol. The Morgan fingerprint density at radius 1 is 1.23 bits per heavy atom. The molecule has 0 bridgehead atoms. The summed E-state index contributed by atoms with van der Waals surface area (Å²) in [5.41, 5.74) is 4.05. The van der Waals surface area contributed by atoms with E-state index >= 15 is 0 Å². The molecular formula is C23H25ClN4O2S. The highest BCUT2D eigenvalue weighted by Crippen LogP contribution is 2.28. The Labute approximate surface area is 191 Å². The molecule has 1 aliphatic heterocycles. The number of amides is 1. The van der Waals surface area contributed by atoms with E-state index in [0.29, 0.717) is 34.7 Å². The largest absolute Gasteiger partial charge is 0.493 e. The SMILES string of the molecule is CC(C)COc1ccc(Cl)cc1Cc1nnc(NC(=O)c2ccc3c(c2)CCNC3)s1. The Kier molecular flexibility index (Phi) is 6.85. The number of nitrogens with zero attached hydrogens (tertiary/aromatic N) is 2. The predicted molar refractivity (Wildman–Crippen MR) is 124 cm³/mol. The Hall–Kier alpha value is -2.48. The van der Waals surface area contributed by atoms with E-state index in [9.17, 15) is 4.79 Å². The minimum absolute atomic E-state index is 0.173. The number of fused-ring (bicyclic) bond motifs is 1. The molecule has 1 aromatic heterocycles. The summed E-state index contributed by atoms with van der Waals surface area (Å²) in [6.07, 6.45) is 1.47. The topological polar surface area (TPSA) is 76.1 Å². The number of benzene rings is 2. The van der Waals surface area contributed by atoms with Gasteiger partial charge in [0.1, 0.15) is 10.8 Å². The van der Waals surface area contributed by atoms with Gasteiger partial charge in [-0.2, -0.15) is 0 Å². The third kappa shape index (κ3) is 5.61. The molecule has 0 aliphatic carbocycles. The van der Waals surface area contributed by atoms with E-state index in [-0.39, 0.29) is 5.91 Å².